The Morgan fingerprint density at radius 1 is 1.48 bits per heavy atom. The van der Waals surface area contributed by atoms with E-state index in [4.69, 9.17) is 12.2 Å². The highest BCUT2D eigenvalue weighted by Crippen LogP contribution is 2.14. The molecule has 1 heterocycles. The third kappa shape index (κ3) is 4.86. The van der Waals surface area contributed by atoms with Crippen molar-refractivity contribution in [3.63, 3.8) is 0 Å². The van der Waals surface area contributed by atoms with E-state index in [-0.39, 0.29) is 23.0 Å². The van der Waals surface area contributed by atoms with Gasteiger partial charge < -0.3 is 10.2 Å². The monoisotopic (exact) mass is 313 g/mol. The number of aliphatic imine (C=N–C) groups is 1. The summed E-state index contributed by atoms with van der Waals surface area (Å²) in [6, 6.07) is -0.0289. The Morgan fingerprint density at radius 3 is 2.71 bits per heavy atom. The van der Waals surface area contributed by atoms with E-state index in [1.807, 2.05) is 13.8 Å². The Hall–Kier alpha value is -1.34. The number of thiocarbonyl (C=S) groups is 1. The maximum Gasteiger partial charge on any atom is 0.247 e. The van der Waals surface area contributed by atoms with Crippen LogP contribution < -0.4 is 10.2 Å². The summed E-state index contributed by atoms with van der Waals surface area (Å²) in [6.07, 6.45) is 3.16. The van der Waals surface area contributed by atoms with Gasteiger partial charge in [0.2, 0.25) is 11.8 Å². The number of nitrogens with one attached hydrogen (secondary N) is 2. The molecule has 1 aliphatic rings. The quantitative estimate of drug-likeness (QED) is 0.281. The summed E-state index contributed by atoms with van der Waals surface area (Å²) in [6.45, 7) is 5.51. The predicted octanol–water partition coefficient (Wildman–Crippen LogP) is -0.750. The van der Waals surface area contributed by atoms with Gasteiger partial charge in [-0.2, -0.15) is 0 Å². The summed E-state index contributed by atoms with van der Waals surface area (Å²) in [4.78, 5) is 31.4. The summed E-state index contributed by atoms with van der Waals surface area (Å²) >= 11 is 5.09. The molecule has 1 aliphatic heterocycles. The van der Waals surface area contributed by atoms with Gasteiger partial charge in [0.1, 0.15) is 0 Å². The standard InChI is InChI=1S/C14H24N4O2S/c1-5-10(2)18-13(20)11(12(19)16-14(18)21)9-15-7-6-8-17(3)4/h9-11H,5-8H2,1-4H3,(H,16,19,21)/p+1/t10-,11+/m1/s1. The molecular formula is C14H25N4O2S+. The highest BCUT2D eigenvalue weighted by atomic mass is 32.1. The molecule has 0 aliphatic carbocycles. The SMILES string of the molecule is CC[C@@H](C)N1C(=O)[C@@H](C=NCCC[NH+](C)C)C(=O)NC1=S. The summed E-state index contributed by atoms with van der Waals surface area (Å²) in [7, 11) is 4.15. The fourth-order valence-electron chi connectivity index (χ4n) is 2.04. The zero-order valence-electron chi connectivity index (χ0n) is 13.2. The van der Waals surface area contributed by atoms with Crippen LogP contribution in [0.15, 0.2) is 4.99 Å². The molecule has 0 unspecified atom stereocenters. The minimum Gasteiger partial charge on any atom is -0.340 e. The van der Waals surface area contributed by atoms with Crippen LogP contribution in [0.5, 0.6) is 0 Å². The van der Waals surface area contributed by atoms with Crippen molar-refractivity contribution in [3.05, 3.63) is 0 Å². The first-order valence-electron chi connectivity index (χ1n) is 7.35. The minimum absolute atomic E-state index is 0.0289. The second-order valence-corrected chi connectivity index (χ2v) is 5.99. The summed E-state index contributed by atoms with van der Waals surface area (Å²) in [5.74, 6) is -1.52. The summed E-state index contributed by atoms with van der Waals surface area (Å²) < 4.78 is 0. The Labute approximate surface area is 131 Å². The first kappa shape index (κ1) is 17.7. The molecule has 1 saturated heterocycles. The van der Waals surface area contributed by atoms with E-state index in [1.165, 1.54) is 16.0 Å². The summed E-state index contributed by atoms with van der Waals surface area (Å²) in [5.41, 5.74) is 0. The molecule has 0 bridgehead atoms. The maximum atomic E-state index is 12.4. The van der Waals surface area contributed by atoms with Crippen LogP contribution in [-0.4, -0.2) is 61.3 Å². The molecule has 118 valence electrons. The van der Waals surface area contributed by atoms with E-state index < -0.39 is 5.92 Å². The number of carbonyl (C=O) groups is 2. The second kappa shape index (κ2) is 8.19. The maximum absolute atomic E-state index is 12.4. The van der Waals surface area contributed by atoms with Crippen molar-refractivity contribution in [2.75, 3.05) is 27.2 Å². The van der Waals surface area contributed by atoms with Crippen molar-refractivity contribution in [2.45, 2.75) is 32.7 Å². The number of hydrogen-bond donors (Lipinski definition) is 2. The average molecular weight is 313 g/mol. The molecule has 1 rings (SSSR count). The van der Waals surface area contributed by atoms with Crippen LogP contribution in [0.2, 0.25) is 0 Å². The summed E-state index contributed by atoms with van der Waals surface area (Å²) in [5, 5.41) is 2.78. The molecule has 0 aromatic heterocycles. The van der Waals surface area contributed by atoms with E-state index in [1.54, 1.807) is 0 Å². The molecule has 2 atom stereocenters. The number of quaternary nitrogens is 1. The van der Waals surface area contributed by atoms with Crippen LogP contribution >= 0.6 is 12.2 Å². The van der Waals surface area contributed by atoms with Crippen LogP contribution in [0.4, 0.5) is 0 Å². The van der Waals surface area contributed by atoms with E-state index in [0.717, 1.165) is 19.4 Å². The van der Waals surface area contributed by atoms with Gasteiger partial charge in [-0.3, -0.25) is 19.5 Å². The van der Waals surface area contributed by atoms with Crippen molar-refractivity contribution >= 4 is 35.4 Å². The van der Waals surface area contributed by atoms with Crippen molar-refractivity contribution in [3.8, 4) is 0 Å². The molecule has 2 amide bonds. The van der Waals surface area contributed by atoms with Gasteiger partial charge in [0.05, 0.1) is 20.6 Å². The average Bonchev–Trinajstić information content (AvgIpc) is 2.40. The molecule has 6 nitrogen and oxygen atoms in total. The normalized spacial score (nSPS) is 21.3. The number of hydrogen-bond acceptors (Lipinski definition) is 4. The molecule has 2 N–H and O–H groups in total. The Kier molecular flexibility index (Phi) is 6.91. The van der Waals surface area contributed by atoms with E-state index >= 15 is 0 Å². The zero-order chi connectivity index (χ0) is 16.0. The molecule has 0 aromatic rings. The number of rotatable bonds is 7. The van der Waals surface area contributed by atoms with Crippen LogP contribution in [0.3, 0.4) is 0 Å². The molecule has 0 saturated carbocycles. The Morgan fingerprint density at radius 2 is 2.14 bits per heavy atom. The van der Waals surface area contributed by atoms with E-state index in [9.17, 15) is 9.59 Å². The smallest absolute Gasteiger partial charge is 0.247 e. The van der Waals surface area contributed by atoms with Crippen molar-refractivity contribution in [2.24, 2.45) is 10.9 Å². The van der Waals surface area contributed by atoms with Crippen molar-refractivity contribution in [1.82, 2.24) is 10.2 Å². The lowest BCUT2D eigenvalue weighted by Crippen LogP contribution is -3.05. The fourth-order valence-corrected chi connectivity index (χ4v) is 2.41. The van der Waals surface area contributed by atoms with Crippen LogP contribution in [0.25, 0.3) is 0 Å². The third-order valence-electron chi connectivity index (χ3n) is 3.48. The lowest BCUT2D eigenvalue weighted by molar-refractivity contribution is -0.858. The lowest BCUT2D eigenvalue weighted by atomic mass is 10.0. The van der Waals surface area contributed by atoms with Crippen molar-refractivity contribution in [1.29, 1.82) is 0 Å². The van der Waals surface area contributed by atoms with Gasteiger partial charge in [0.25, 0.3) is 0 Å². The first-order chi connectivity index (χ1) is 9.88. The van der Waals surface area contributed by atoms with Crippen LogP contribution in [0, 0.1) is 5.92 Å². The largest absolute Gasteiger partial charge is 0.340 e. The predicted molar refractivity (Wildman–Crippen MR) is 86.5 cm³/mol. The van der Waals surface area contributed by atoms with Crippen LogP contribution in [-0.2, 0) is 9.59 Å². The highest BCUT2D eigenvalue weighted by Gasteiger charge is 2.39. The number of amides is 2. The number of carbonyl (C=O) groups excluding carboxylic acids is 2. The first-order valence-corrected chi connectivity index (χ1v) is 7.76. The minimum atomic E-state index is -0.864. The fraction of sp³-hybridized carbons (Fsp3) is 0.714. The molecule has 1 fully saturated rings. The van der Waals surface area contributed by atoms with Gasteiger partial charge in [0, 0.05) is 25.2 Å². The van der Waals surface area contributed by atoms with E-state index in [0.29, 0.717) is 6.54 Å². The lowest BCUT2D eigenvalue weighted by Gasteiger charge is -2.34. The molecule has 0 spiro atoms. The van der Waals surface area contributed by atoms with E-state index in [2.05, 4.69) is 24.4 Å². The van der Waals surface area contributed by atoms with Gasteiger partial charge in [0.15, 0.2) is 11.0 Å². The topological polar surface area (TPSA) is 66.2 Å². The van der Waals surface area contributed by atoms with Crippen LogP contribution in [0.1, 0.15) is 26.7 Å². The highest BCUT2D eigenvalue weighted by molar-refractivity contribution is 7.80. The van der Waals surface area contributed by atoms with Gasteiger partial charge >= 0.3 is 0 Å². The molecule has 21 heavy (non-hydrogen) atoms. The second-order valence-electron chi connectivity index (χ2n) is 5.60. The third-order valence-corrected chi connectivity index (χ3v) is 3.78. The van der Waals surface area contributed by atoms with Gasteiger partial charge in [-0.25, -0.2) is 0 Å². The Bertz CT molecular complexity index is 437. The molecule has 0 aromatic carbocycles. The molecule has 7 heteroatoms. The molecular weight excluding hydrogens is 288 g/mol. The Balaban J connectivity index is 2.67. The van der Waals surface area contributed by atoms with Gasteiger partial charge in [-0.05, 0) is 25.6 Å². The van der Waals surface area contributed by atoms with Gasteiger partial charge in [-0.15, -0.1) is 0 Å². The van der Waals surface area contributed by atoms with Gasteiger partial charge in [-0.1, -0.05) is 6.92 Å². The molecule has 0 radical (unpaired) electrons. The number of nitrogens with zero attached hydrogens (tertiary/aromatic N) is 2. The van der Waals surface area contributed by atoms with Crippen molar-refractivity contribution < 1.29 is 14.5 Å². The zero-order valence-corrected chi connectivity index (χ0v) is 14.0.